The summed E-state index contributed by atoms with van der Waals surface area (Å²) in [6, 6.07) is 8.76. The number of hydrogen-bond acceptors (Lipinski definition) is 4. The molecule has 0 amide bonds. The van der Waals surface area contributed by atoms with Crippen molar-refractivity contribution in [3.8, 4) is 5.75 Å². The molecule has 0 aliphatic carbocycles. The zero-order valence-electron chi connectivity index (χ0n) is 13.7. The van der Waals surface area contributed by atoms with Gasteiger partial charge >= 0.3 is 0 Å². The van der Waals surface area contributed by atoms with Crippen LogP contribution in [0.5, 0.6) is 5.75 Å². The number of halogens is 2. The maximum absolute atomic E-state index is 5.94. The van der Waals surface area contributed by atoms with E-state index in [1.54, 1.807) is 6.20 Å². The van der Waals surface area contributed by atoms with Gasteiger partial charge in [-0.05, 0) is 30.5 Å². The highest BCUT2D eigenvalue weighted by molar-refractivity contribution is 5.85. The monoisotopic (exact) mass is 372 g/mol. The second-order valence-electron chi connectivity index (χ2n) is 5.93. The molecule has 2 heterocycles. The summed E-state index contributed by atoms with van der Waals surface area (Å²) >= 11 is 0. The molecule has 1 aliphatic heterocycles. The minimum absolute atomic E-state index is 0. The van der Waals surface area contributed by atoms with Crippen LogP contribution in [-0.4, -0.2) is 40.2 Å². The molecule has 134 valence electrons. The van der Waals surface area contributed by atoms with Gasteiger partial charge in [0, 0.05) is 44.6 Å². The fraction of sp³-hybridized carbons (Fsp3) is 0.471. The number of likely N-dealkylation sites (tertiary alicyclic amines) is 1. The molecule has 3 rings (SSSR count). The van der Waals surface area contributed by atoms with Gasteiger partial charge < -0.3 is 15.0 Å². The summed E-state index contributed by atoms with van der Waals surface area (Å²) in [4.78, 5) is 6.43. The highest BCUT2D eigenvalue weighted by atomic mass is 35.5. The Morgan fingerprint density at radius 1 is 1.21 bits per heavy atom. The van der Waals surface area contributed by atoms with Crippen LogP contribution < -0.4 is 10.5 Å². The van der Waals surface area contributed by atoms with Crippen molar-refractivity contribution in [3.63, 3.8) is 0 Å². The van der Waals surface area contributed by atoms with Crippen molar-refractivity contribution in [3.05, 3.63) is 48.5 Å². The first kappa shape index (κ1) is 20.8. The first-order chi connectivity index (χ1) is 10.8. The molecule has 1 unspecified atom stereocenters. The summed E-state index contributed by atoms with van der Waals surface area (Å²) < 4.78 is 7.84. The normalized spacial score (nSPS) is 17.1. The third-order valence-corrected chi connectivity index (χ3v) is 4.03. The molecule has 1 fully saturated rings. The van der Waals surface area contributed by atoms with E-state index < -0.39 is 0 Å². The van der Waals surface area contributed by atoms with Crippen LogP contribution in [0.2, 0.25) is 0 Å². The molecule has 5 nitrogen and oxygen atoms in total. The maximum Gasteiger partial charge on any atom is 0.119 e. The first-order valence-electron chi connectivity index (χ1n) is 7.95. The Hall–Kier alpha value is -1.27. The minimum atomic E-state index is 0. The average molecular weight is 373 g/mol. The Morgan fingerprint density at radius 3 is 2.62 bits per heavy atom. The van der Waals surface area contributed by atoms with E-state index in [9.17, 15) is 0 Å². The Labute approximate surface area is 156 Å². The van der Waals surface area contributed by atoms with Crippen LogP contribution in [0.15, 0.2) is 43.0 Å². The zero-order valence-corrected chi connectivity index (χ0v) is 15.3. The smallest absolute Gasteiger partial charge is 0.119 e. The Bertz CT molecular complexity index is 562. The van der Waals surface area contributed by atoms with Gasteiger partial charge in [0.1, 0.15) is 5.75 Å². The molecule has 1 saturated heterocycles. The quantitative estimate of drug-likeness (QED) is 0.759. The Morgan fingerprint density at radius 2 is 2.00 bits per heavy atom. The fourth-order valence-electron chi connectivity index (χ4n) is 2.81. The van der Waals surface area contributed by atoms with Crippen molar-refractivity contribution >= 4 is 24.8 Å². The molecular formula is C17H26Cl2N4O. The fourth-order valence-corrected chi connectivity index (χ4v) is 2.81. The van der Waals surface area contributed by atoms with E-state index in [1.807, 2.05) is 12.5 Å². The number of benzene rings is 1. The van der Waals surface area contributed by atoms with E-state index in [0.717, 1.165) is 51.4 Å². The van der Waals surface area contributed by atoms with Crippen LogP contribution in [0.4, 0.5) is 0 Å². The van der Waals surface area contributed by atoms with Crippen molar-refractivity contribution in [1.29, 1.82) is 0 Å². The topological polar surface area (TPSA) is 56.3 Å². The molecule has 24 heavy (non-hydrogen) atoms. The van der Waals surface area contributed by atoms with E-state index in [0.29, 0.717) is 6.04 Å². The molecule has 0 saturated carbocycles. The van der Waals surface area contributed by atoms with Gasteiger partial charge in [-0.2, -0.15) is 0 Å². The summed E-state index contributed by atoms with van der Waals surface area (Å²) in [7, 11) is 0. The number of rotatable bonds is 7. The molecule has 1 aliphatic rings. The van der Waals surface area contributed by atoms with Gasteiger partial charge in [-0.1, -0.05) is 12.1 Å². The van der Waals surface area contributed by atoms with E-state index >= 15 is 0 Å². The predicted molar refractivity (Wildman–Crippen MR) is 101 cm³/mol. The highest BCUT2D eigenvalue weighted by Crippen LogP contribution is 2.16. The third-order valence-electron chi connectivity index (χ3n) is 4.03. The van der Waals surface area contributed by atoms with Crippen LogP contribution in [0.25, 0.3) is 0 Å². The lowest BCUT2D eigenvalue weighted by Crippen LogP contribution is -2.26. The van der Waals surface area contributed by atoms with Gasteiger partial charge in [-0.3, -0.25) is 4.90 Å². The second-order valence-corrected chi connectivity index (χ2v) is 5.93. The predicted octanol–water partition coefficient (Wildman–Crippen LogP) is 2.73. The molecule has 0 bridgehead atoms. The molecule has 0 radical (unpaired) electrons. The van der Waals surface area contributed by atoms with Crippen LogP contribution in [0, 0.1) is 0 Å². The van der Waals surface area contributed by atoms with Crippen molar-refractivity contribution in [1.82, 2.24) is 14.5 Å². The van der Waals surface area contributed by atoms with Gasteiger partial charge in [0.2, 0.25) is 0 Å². The molecule has 2 N–H and O–H groups in total. The zero-order chi connectivity index (χ0) is 15.2. The van der Waals surface area contributed by atoms with Crippen LogP contribution in [0.3, 0.4) is 0 Å². The number of ether oxygens (including phenoxy) is 1. The minimum Gasteiger partial charge on any atom is -0.494 e. The van der Waals surface area contributed by atoms with Gasteiger partial charge in [0.05, 0.1) is 12.9 Å². The molecule has 1 aromatic heterocycles. The summed E-state index contributed by atoms with van der Waals surface area (Å²) in [5, 5.41) is 0. The summed E-state index contributed by atoms with van der Waals surface area (Å²) in [5.74, 6) is 0.938. The molecule has 1 aromatic carbocycles. The lowest BCUT2D eigenvalue weighted by atomic mass is 10.2. The van der Waals surface area contributed by atoms with Crippen molar-refractivity contribution in [2.45, 2.75) is 32.0 Å². The third kappa shape index (κ3) is 6.32. The second kappa shape index (κ2) is 10.6. The van der Waals surface area contributed by atoms with Crippen LogP contribution >= 0.6 is 24.8 Å². The molecule has 0 spiro atoms. The molecular weight excluding hydrogens is 347 g/mol. The van der Waals surface area contributed by atoms with Crippen LogP contribution in [0.1, 0.15) is 18.4 Å². The first-order valence-corrected chi connectivity index (χ1v) is 7.95. The summed E-state index contributed by atoms with van der Waals surface area (Å²) in [6.45, 7) is 4.75. The largest absolute Gasteiger partial charge is 0.494 e. The Balaban J connectivity index is 0.00000144. The standard InChI is InChI=1S/C17H24N4O.2ClH/c18-16-6-9-21(13-16)12-15-2-4-17(5-3-15)22-11-1-8-20-10-7-19-14-20;;/h2-5,7,10,14,16H,1,6,8-9,11-13,18H2;2*1H. The number of imidazole rings is 1. The van der Waals surface area contributed by atoms with Gasteiger partial charge in [0.25, 0.3) is 0 Å². The average Bonchev–Trinajstić information content (AvgIpc) is 3.17. The van der Waals surface area contributed by atoms with Gasteiger partial charge in [-0.15, -0.1) is 24.8 Å². The van der Waals surface area contributed by atoms with E-state index in [1.165, 1.54) is 5.56 Å². The number of nitrogens with zero attached hydrogens (tertiary/aromatic N) is 3. The van der Waals surface area contributed by atoms with E-state index in [-0.39, 0.29) is 24.8 Å². The van der Waals surface area contributed by atoms with Crippen molar-refractivity contribution in [2.75, 3.05) is 19.7 Å². The van der Waals surface area contributed by atoms with Crippen molar-refractivity contribution in [2.24, 2.45) is 5.73 Å². The SMILES string of the molecule is Cl.Cl.NC1CCN(Cc2ccc(OCCCn3ccnc3)cc2)C1. The van der Waals surface area contributed by atoms with Gasteiger partial charge in [0.15, 0.2) is 0 Å². The van der Waals surface area contributed by atoms with E-state index in [2.05, 4.69) is 38.7 Å². The Kier molecular flexibility index (Phi) is 9.14. The van der Waals surface area contributed by atoms with E-state index in [4.69, 9.17) is 10.5 Å². The summed E-state index contributed by atoms with van der Waals surface area (Å²) in [5.41, 5.74) is 7.26. The lowest BCUT2D eigenvalue weighted by Gasteiger charge is -2.15. The molecule has 1 atom stereocenters. The molecule has 2 aromatic rings. The van der Waals surface area contributed by atoms with Gasteiger partial charge in [-0.25, -0.2) is 4.98 Å². The number of aryl methyl sites for hydroxylation is 1. The highest BCUT2D eigenvalue weighted by Gasteiger charge is 2.18. The lowest BCUT2D eigenvalue weighted by molar-refractivity contribution is 0.301. The number of aromatic nitrogens is 2. The maximum atomic E-state index is 5.94. The number of nitrogens with two attached hydrogens (primary N) is 1. The number of hydrogen-bond donors (Lipinski definition) is 1. The summed E-state index contributed by atoms with van der Waals surface area (Å²) in [6.07, 6.45) is 7.69. The van der Waals surface area contributed by atoms with Crippen molar-refractivity contribution < 1.29 is 4.74 Å². The van der Waals surface area contributed by atoms with Crippen LogP contribution in [-0.2, 0) is 13.1 Å². The molecule has 7 heteroatoms.